The van der Waals surface area contributed by atoms with E-state index < -0.39 is 17.6 Å². The van der Waals surface area contributed by atoms with E-state index in [4.69, 9.17) is 5.11 Å². The summed E-state index contributed by atoms with van der Waals surface area (Å²) in [7, 11) is 0. The zero-order chi connectivity index (χ0) is 10.2. The van der Waals surface area contributed by atoms with Gasteiger partial charge in [-0.3, -0.25) is 4.79 Å². The molecule has 1 aliphatic carbocycles. The van der Waals surface area contributed by atoms with Crippen LogP contribution in [0.4, 0.5) is 4.39 Å². The van der Waals surface area contributed by atoms with Crippen molar-refractivity contribution >= 4 is 5.97 Å². The summed E-state index contributed by atoms with van der Waals surface area (Å²) < 4.78 is 14.1. The zero-order valence-corrected chi connectivity index (χ0v) is 8.21. The quantitative estimate of drug-likeness (QED) is 0.748. The van der Waals surface area contributed by atoms with E-state index in [-0.39, 0.29) is 6.42 Å². The molecule has 1 saturated carbocycles. The second kappa shape index (κ2) is 3.50. The first-order chi connectivity index (χ1) is 6.59. The molecule has 0 aromatic heterocycles. The lowest BCUT2D eigenvalue weighted by Gasteiger charge is -2.35. The standard InChI is InChI=1S/C10H16FNO2/c11-10(7-12-4-1-5-12)3-2-8(6-10)9(13)14/h8H,1-7H2,(H,13,14). The van der Waals surface area contributed by atoms with Crippen LogP contribution in [0.3, 0.4) is 0 Å². The Balaban J connectivity index is 1.87. The summed E-state index contributed by atoms with van der Waals surface area (Å²) in [6.07, 6.45) is 2.28. The predicted molar refractivity (Wildman–Crippen MR) is 49.9 cm³/mol. The molecule has 2 atom stereocenters. The van der Waals surface area contributed by atoms with Gasteiger partial charge in [-0.1, -0.05) is 0 Å². The Bertz CT molecular complexity index is 242. The number of alkyl halides is 1. The van der Waals surface area contributed by atoms with Crippen LogP contribution in [0.15, 0.2) is 0 Å². The maximum absolute atomic E-state index is 14.1. The number of hydrogen-bond acceptors (Lipinski definition) is 2. The minimum absolute atomic E-state index is 0.207. The fourth-order valence-electron chi connectivity index (χ4n) is 2.37. The summed E-state index contributed by atoms with van der Waals surface area (Å²) in [5.41, 5.74) is -1.23. The normalized spacial score (nSPS) is 38.2. The minimum Gasteiger partial charge on any atom is -0.481 e. The summed E-state index contributed by atoms with van der Waals surface area (Å²) in [5.74, 6) is -1.30. The summed E-state index contributed by atoms with van der Waals surface area (Å²) in [6, 6.07) is 0. The Kier molecular flexibility index (Phi) is 2.47. The number of halogens is 1. The van der Waals surface area contributed by atoms with Crippen LogP contribution >= 0.6 is 0 Å². The molecule has 1 aliphatic heterocycles. The third-order valence-electron chi connectivity index (χ3n) is 3.36. The average molecular weight is 201 g/mol. The van der Waals surface area contributed by atoms with E-state index in [0.29, 0.717) is 19.4 Å². The molecule has 2 fully saturated rings. The lowest BCUT2D eigenvalue weighted by molar-refractivity contribution is -0.141. The molecule has 2 aliphatic rings. The van der Waals surface area contributed by atoms with Gasteiger partial charge in [-0.05, 0) is 38.8 Å². The molecule has 0 bridgehead atoms. The number of rotatable bonds is 3. The van der Waals surface area contributed by atoms with Crippen molar-refractivity contribution in [1.82, 2.24) is 4.90 Å². The van der Waals surface area contributed by atoms with Crippen molar-refractivity contribution < 1.29 is 14.3 Å². The Labute approximate surface area is 82.9 Å². The Hall–Kier alpha value is -0.640. The van der Waals surface area contributed by atoms with Gasteiger partial charge in [0, 0.05) is 6.54 Å². The van der Waals surface area contributed by atoms with Crippen LogP contribution in [-0.2, 0) is 4.79 Å². The van der Waals surface area contributed by atoms with Crippen LogP contribution < -0.4 is 0 Å². The number of nitrogens with zero attached hydrogens (tertiary/aromatic N) is 1. The van der Waals surface area contributed by atoms with E-state index in [2.05, 4.69) is 4.90 Å². The Morgan fingerprint density at radius 2 is 2.29 bits per heavy atom. The fraction of sp³-hybridized carbons (Fsp3) is 0.900. The summed E-state index contributed by atoms with van der Waals surface area (Å²) in [5, 5.41) is 8.77. The van der Waals surface area contributed by atoms with Gasteiger partial charge < -0.3 is 10.0 Å². The smallest absolute Gasteiger partial charge is 0.306 e. The van der Waals surface area contributed by atoms with Crippen LogP contribution in [0.2, 0.25) is 0 Å². The number of carboxylic acids is 1. The molecule has 0 amide bonds. The largest absolute Gasteiger partial charge is 0.481 e. The van der Waals surface area contributed by atoms with Gasteiger partial charge in [0.2, 0.25) is 0 Å². The molecule has 0 aromatic carbocycles. The third kappa shape index (κ3) is 1.90. The molecule has 1 heterocycles. The van der Waals surface area contributed by atoms with Gasteiger partial charge in [0.25, 0.3) is 0 Å². The molecule has 4 heteroatoms. The van der Waals surface area contributed by atoms with Gasteiger partial charge in [-0.15, -0.1) is 0 Å². The molecule has 1 N–H and O–H groups in total. The summed E-state index contributed by atoms with van der Waals surface area (Å²) in [6.45, 7) is 2.39. The zero-order valence-electron chi connectivity index (χ0n) is 8.21. The first-order valence-corrected chi connectivity index (χ1v) is 5.23. The molecule has 2 rings (SSSR count). The molecular weight excluding hydrogens is 185 g/mol. The second-order valence-electron chi connectivity index (χ2n) is 4.56. The molecule has 0 radical (unpaired) electrons. The van der Waals surface area contributed by atoms with E-state index in [1.54, 1.807) is 0 Å². The van der Waals surface area contributed by atoms with Crippen molar-refractivity contribution in [2.75, 3.05) is 19.6 Å². The average Bonchev–Trinajstić information content (AvgIpc) is 2.42. The van der Waals surface area contributed by atoms with Gasteiger partial charge in [-0.2, -0.15) is 0 Å². The van der Waals surface area contributed by atoms with Crippen molar-refractivity contribution in [1.29, 1.82) is 0 Å². The van der Waals surface area contributed by atoms with E-state index in [1.807, 2.05) is 0 Å². The summed E-state index contributed by atoms with van der Waals surface area (Å²) >= 11 is 0. The van der Waals surface area contributed by atoms with E-state index in [9.17, 15) is 9.18 Å². The molecule has 1 saturated heterocycles. The van der Waals surface area contributed by atoms with Crippen molar-refractivity contribution in [3.05, 3.63) is 0 Å². The Morgan fingerprint density at radius 3 is 2.71 bits per heavy atom. The minimum atomic E-state index is -1.23. The summed E-state index contributed by atoms with van der Waals surface area (Å²) in [4.78, 5) is 12.8. The van der Waals surface area contributed by atoms with Crippen molar-refractivity contribution in [2.45, 2.75) is 31.4 Å². The van der Waals surface area contributed by atoms with E-state index in [0.717, 1.165) is 19.5 Å². The first kappa shape index (κ1) is 9.90. The third-order valence-corrected chi connectivity index (χ3v) is 3.36. The topological polar surface area (TPSA) is 40.5 Å². The van der Waals surface area contributed by atoms with Gasteiger partial charge in [0.1, 0.15) is 5.67 Å². The van der Waals surface area contributed by atoms with Crippen LogP contribution in [0.5, 0.6) is 0 Å². The highest BCUT2D eigenvalue weighted by molar-refractivity contribution is 5.70. The molecular formula is C10H16FNO2. The highest BCUT2D eigenvalue weighted by Gasteiger charge is 2.43. The monoisotopic (exact) mass is 201 g/mol. The molecule has 14 heavy (non-hydrogen) atoms. The maximum atomic E-state index is 14.1. The maximum Gasteiger partial charge on any atom is 0.306 e. The lowest BCUT2D eigenvalue weighted by Crippen LogP contribution is -2.45. The highest BCUT2D eigenvalue weighted by atomic mass is 19.1. The van der Waals surface area contributed by atoms with Crippen LogP contribution in [0.25, 0.3) is 0 Å². The molecule has 80 valence electrons. The molecule has 3 nitrogen and oxygen atoms in total. The van der Waals surface area contributed by atoms with Crippen molar-refractivity contribution in [3.8, 4) is 0 Å². The number of hydrogen-bond donors (Lipinski definition) is 1. The van der Waals surface area contributed by atoms with E-state index >= 15 is 0 Å². The SMILES string of the molecule is O=C(O)C1CCC(F)(CN2CCC2)C1. The van der Waals surface area contributed by atoms with Crippen LogP contribution in [0.1, 0.15) is 25.7 Å². The van der Waals surface area contributed by atoms with Crippen molar-refractivity contribution in [3.63, 3.8) is 0 Å². The van der Waals surface area contributed by atoms with Crippen LogP contribution in [-0.4, -0.2) is 41.3 Å². The second-order valence-corrected chi connectivity index (χ2v) is 4.56. The lowest BCUT2D eigenvalue weighted by atomic mass is 10.00. The van der Waals surface area contributed by atoms with Gasteiger partial charge in [0.15, 0.2) is 0 Å². The highest BCUT2D eigenvalue weighted by Crippen LogP contribution is 2.39. The fourth-order valence-corrected chi connectivity index (χ4v) is 2.37. The predicted octanol–water partition coefficient (Wildman–Crippen LogP) is 1.29. The molecule has 0 spiro atoms. The Morgan fingerprint density at radius 1 is 1.57 bits per heavy atom. The van der Waals surface area contributed by atoms with Gasteiger partial charge >= 0.3 is 5.97 Å². The van der Waals surface area contributed by atoms with Gasteiger partial charge in [-0.25, -0.2) is 4.39 Å². The van der Waals surface area contributed by atoms with Crippen molar-refractivity contribution in [2.24, 2.45) is 5.92 Å². The molecule has 2 unspecified atom stereocenters. The number of likely N-dealkylation sites (tertiary alicyclic amines) is 1. The van der Waals surface area contributed by atoms with Crippen LogP contribution in [0, 0.1) is 5.92 Å². The number of carboxylic acid groups (broad SMARTS) is 1. The molecule has 0 aromatic rings. The number of aliphatic carboxylic acids is 1. The number of carbonyl (C=O) groups is 1. The van der Waals surface area contributed by atoms with E-state index in [1.165, 1.54) is 0 Å². The first-order valence-electron chi connectivity index (χ1n) is 5.23. The van der Waals surface area contributed by atoms with Gasteiger partial charge in [0.05, 0.1) is 5.92 Å².